The fourth-order valence-corrected chi connectivity index (χ4v) is 2.79. The van der Waals surface area contributed by atoms with E-state index in [2.05, 4.69) is 22.9 Å². The van der Waals surface area contributed by atoms with Gasteiger partial charge in [-0.3, -0.25) is 0 Å². The Morgan fingerprint density at radius 1 is 1.59 bits per heavy atom. The van der Waals surface area contributed by atoms with E-state index in [0.717, 1.165) is 18.4 Å². The van der Waals surface area contributed by atoms with Crippen molar-refractivity contribution in [3.8, 4) is 0 Å². The average molecular weight is 303 g/mol. The van der Waals surface area contributed by atoms with Gasteiger partial charge in [0.25, 0.3) is 0 Å². The molecule has 0 aromatic heterocycles. The minimum absolute atomic E-state index is 0.105. The molecule has 3 atom stereocenters. The quantitative estimate of drug-likeness (QED) is 0.927. The Labute approximate surface area is 109 Å². The Morgan fingerprint density at radius 3 is 3.00 bits per heavy atom. The van der Waals surface area contributed by atoms with Crippen molar-refractivity contribution < 1.29 is 14.2 Å². The zero-order valence-electron chi connectivity index (χ0n) is 9.70. The van der Waals surface area contributed by atoms with Crippen LogP contribution in [0, 0.1) is 11.7 Å². The Hall–Kier alpha value is -0.450. The largest absolute Gasteiger partial charge is 0.388 e. The van der Waals surface area contributed by atoms with Crippen LogP contribution < -0.4 is 0 Å². The van der Waals surface area contributed by atoms with Gasteiger partial charge >= 0.3 is 0 Å². The van der Waals surface area contributed by atoms with Crippen molar-refractivity contribution in [1.82, 2.24) is 0 Å². The highest BCUT2D eigenvalue weighted by Crippen LogP contribution is 2.35. The molecule has 0 spiro atoms. The van der Waals surface area contributed by atoms with Crippen molar-refractivity contribution >= 4 is 15.9 Å². The normalized spacial score (nSPS) is 26.1. The number of aliphatic hydroxyl groups is 1. The predicted octanol–water partition coefficient (Wildman–Crippen LogP) is 3.44. The summed E-state index contributed by atoms with van der Waals surface area (Å²) in [4.78, 5) is 0. The van der Waals surface area contributed by atoms with Crippen LogP contribution in [-0.2, 0) is 4.74 Å². The van der Waals surface area contributed by atoms with Crippen LogP contribution in [0.3, 0.4) is 0 Å². The second-order valence-electron chi connectivity index (χ2n) is 4.39. The average Bonchev–Trinajstić information content (AvgIpc) is 2.80. The van der Waals surface area contributed by atoms with Gasteiger partial charge in [0.15, 0.2) is 0 Å². The van der Waals surface area contributed by atoms with Crippen LogP contribution >= 0.6 is 15.9 Å². The lowest BCUT2D eigenvalue weighted by Gasteiger charge is -2.23. The molecular formula is C13H16BrFO2. The van der Waals surface area contributed by atoms with Crippen molar-refractivity contribution in [3.63, 3.8) is 0 Å². The summed E-state index contributed by atoms with van der Waals surface area (Å²) < 4.78 is 19.1. The van der Waals surface area contributed by atoms with Crippen LogP contribution in [-0.4, -0.2) is 17.8 Å². The lowest BCUT2D eigenvalue weighted by molar-refractivity contribution is 0.0307. The van der Waals surface area contributed by atoms with Crippen LogP contribution in [0.5, 0.6) is 0 Å². The topological polar surface area (TPSA) is 29.5 Å². The summed E-state index contributed by atoms with van der Waals surface area (Å²) in [6.07, 6.45) is 1.27. The van der Waals surface area contributed by atoms with Gasteiger partial charge in [0.05, 0.1) is 16.7 Å². The summed E-state index contributed by atoms with van der Waals surface area (Å²) >= 11 is 3.14. The molecule has 1 aliphatic rings. The number of aliphatic hydroxyl groups excluding tert-OH is 1. The molecule has 1 saturated heterocycles. The Kier molecular flexibility index (Phi) is 4.17. The Bertz CT molecular complexity index is 397. The summed E-state index contributed by atoms with van der Waals surface area (Å²) in [7, 11) is 0. The fraction of sp³-hybridized carbons (Fsp3) is 0.538. The number of hydrogen-bond acceptors (Lipinski definition) is 2. The standard InChI is InChI=1S/C13H16BrFO2/c1-2-12-9(5-6-17-12)13(16)8-3-4-11(15)10(14)7-8/h3-4,7,9,12-13,16H,2,5-6H2,1H3. The van der Waals surface area contributed by atoms with E-state index in [9.17, 15) is 9.50 Å². The highest BCUT2D eigenvalue weighted by Gasteiger charge is 2.33. The summed E-state index contributed by atoms with van der Waals surface area (Å²) in [6, 6.07) is 4.65. The summed E-state index contributed by atoms with van der Waals surface area (Å²) in [5.41, 5.74) is 0.743. The third-order valence-electron chi connectivity index (χ3n) is 3.35. The lowest BCUT2D eigenvalue weighted by atomic mass is 9.89. The molecule has 1 heterocycles. The molecule has 1 aliphatic heterocycles. The third-order valence-corrected chi connectivity index (χ3v) is 3.96. The molecule has 1 N–H and O–H groups in total. The van der Waals surface area contributed by atoms with Gasteiger partial charge in [-0.05, 0) is 46.5 Å². The zero-order valence-corrected chi connectivity index (χ0v) is 11.3. The first kappa shape index (κ1) is 13.0. The Balaban J connectivity index is 2.18. The van der Waals surface area contributed by atoms with Gasteiger partial charge in [-0.2, -0.15) is 0 Å². The SMILES string of the molecule is CCC1OCCC1C(O)c1ccc(F)c(Br)c1. The molecule has 1 aromatic carbocycles. The molecular weight excluding hydrogens is 287 g/mol. The number of halogens is 2. The molecule has 1 fully saturated rings. The number of hydrogen-bond donors (Lipinski definition) is 1. The van der Waals surface area contributed by atoms with Crippen LogP contribution in [0.2, 0.25) is 0 Å². The second-order valence-corrected chi connectivity index (χ2v) is 5.24. The number of ether oxygens (including phenoxy) is 1. The molecule has 1 aromatic rings. The van der Waals surface area contributed by atoms with Gasteiger partial charge in [0, 0.05) is 12.5 Å². The lowest BCUT2D eigenvalue weighted by Crippen LogP contribution is -2.22. The molecule has 0 saturated carbocycles. The van der Waals surface area contributed by atoms with Crippen LogP contribution in [0.1, 0.15) is 31.4 Å². The van der Waals surface area contributed by atoms with E-state index >= 15 is 0 Å². The van der Waals surface area contributed by atoms with Gasteiger partial charge in [0.2, 0.25) is 0 Å². The monoisotopic (exact) mass is 302 g/mol. The maximum absolute atomic E-state index is 13.1. The maximum atomic E-state index is 13.1. The van der Waals surface area contributed by atoms with Gasteiger partial charge in [-0.25, -0.2) is 4.39 Å². The first-order chi connectivity index (χ1) is 8.13. The maximum Gasteiger partial charge on any atom is 0.137 e. The van der Waals surface area contributed by atoms with Crippen LogP contribution in [0.25, 0.3) is 0 Å². The molecule has 0 aliphatic carbocycles. The van der Waals surface area contributed by atoms with Crippen molar-refractivity contribution in [2.45, 2.75) is 32.0 Å². The van der Waals surface area contributed by atoms with Gasteiger partial charge < -0.3 is 9.84 Å². The highest BCUT2D eigenvalue weighted by atomic mass is 79.9. The molecule has 0 radical (unpaired) electrons. The van der Waals surface area contributed by atoms with E-state index in [-0.39, 0.29) is 17.8 Å². The third kappa shape index (κ3) is 2.69. The van der Waals surface area contributed by atoms with E-state index in [1.54, 1.807) is 12.1 Å². The van der Waals surface area contributed by atoms with E-state index in [0.29, 0.717) is 11.1 Å². The van der Waals surface area contributed by atoms with Crippen LogP contribution in [0.15, 0.2) is 22.7 Å². The molecule has 94 valence electrons. The smallest absolute Gasteiger partial charge is 0.137 e. The molecule has 2 nitrogen and oxygen atoms in total. The summed E-state index contributed by atoms with van der Waals surface area (Å²) in [5.74, 6) is -0.201. The van der Waals surface area contributed by atoms with Crippen molar-refractivity contribution in [3.05, 3.63) is 34.1 Å². The molecule has 0 bridgehead atoms. The Morgan fingerprint density at radius 2 is 2.35 bits per heavy atom. The van der Waals surface area contributed by atoms with Crippen LogP contribution in [0.4, 0.5) is 4.39 Å². The highest BCUT2D eigenvalue weighted by molar-refractivity contribution is 9.10. The van der Waals surface area contributed by atoms with Gasteiger partial charge in [0.1, 0.15) is 5.82 Å². The summed E-state index contributed by atoms with van der Waals surface area (Å²) in [5, 5.41) is 10.3. The first-order valence-corrected chi connectivity index (χ1v) is 6.67. The van der Waals surface area contributed by atoms with Crippen molar-refractivity contribution in [2.24, 2.45) is 5.92 Å². The number of rotatable bonds is 3. The van der Waals surface area contributed by atoms with Crippen molar-refractivity contribution in [1.29, 1.82) is 0 Å². The molecule has 4 heteroatoms. The van der Waals surface area contributed by atoms with E-state index < -0.39 is 6.10 Å². The second kappa shape index (κ2) is 5.46. The minimum Gasteiger partial charge on any atom is -0.388 e. The molecule has 0 amide bonds. The van der Waals surface area contributed by atoms with Gasteiger partial charge in [-0.15, -0.1) is 0 Å². The zero-order chi connectivity index (χ0) is 12.4. The van der Waals surface area contributed by atoms with E-state index in [1.807, 2.05) is 0 Å². The molecule has 2 rings (SSSR count). The number of benzene rings is 1. The van der Waals surface area contributed by atoms with Crippen molar-refractivity contribution in [2.75, 3.05) is 6.61 Å². The minimum atomic E-state index is -0.584. The predicted molar refractivity (Wildman–Crippen MR) is 67.2 cm³/mol. The van der Waals surface area contributed by atoms with Gasteiger partial charge in [-0.1, -0.05) is 13.0 Å². The first-order valence-electron chi connectivity index (χ1n) is 5.88. The van der Waals surface area contributed by atoms with E-state index in [4.69, 9.17) is 4.74 Å². The van der Waals surface area contributed by atoms with E-state index in [1.165, 1.54) is 6.07 Å². The summed E-state index contributed by atoms with van der Waals surface area (Å²) in [6.45, 7) is 2.75. The molecule has 17 heavy (non-hydrogen) atoms. The molecule has 3 unspecified atom stereocenters. The fourth-order valence-electron chi connectivity index (χ4n) is 2.39.